The van der Waals surface area contributed by atoms with Crippen molar-refractivity contribution in [2.75, 3.05) is 9.62 Å². The first kappa shape index (κ1) is 19.1. The Kier molecular flexibility index (Phi) is 5.03. The van der Waals surface area contributed by atoms with E-state index in [9.17, 15) is 12.8 Å². The van der Waals surface area contributed by atoms with Gasteiger partial charge in [0.15, 0.2) is 5.13 Å². The second-order valence-corrected chi connectivity index (χ2v) is 8.72. The molecule has 0 unspecified atom stereocenters. The third-order valence-corrected chi connectivity index (χ3v) is 6.29. The van der Waals surface area contributed by atoms with Crippen LogP contribution in [-0.2, 0) is 10.0 Å². The largest absolute Gasteiger partial charge is 0.295 e. The van der Waals surface area contributed by atoms with Gasteiger partial charge >= 0.3 is 0 Å². The molecule has 10 heteroatoms. The lowest BCUT2D eigenvalue weighted by Crippen LogP contribution is -2.16. The highest BCUT2D eigenvalue weighted by Crippen LogP contribution is 2.35. The molecule has 2 aromatic carbocycles. The molecule has 2 aromatic heterocycles. The molecule has 0 amide bonds. The number of halogens is 1. The van der Waals surface area contributed by atoms with Crippen molar-refractivity contribution in [1.82, 2.24) is 15.2 Å². The second-order valence-electron chi connectivity index (χ2n) is 6.17. The highest BCUT2D eigenvalue weighted by atomic mass is 32.2. The van der Waals surface area contributed by atoms with Crippen molar-refractivity contribution in [3.63, 3.8) is 0 Å². The number of benzene rings is 2. The van der Waals surface area contributed by atoms with Crippen molar-refractivity contribution in [2.24, 2.45) is 0 Å². The van der Waals surface area contributed by atoms with Gasteiger partial charge in [-0.05, 0) is 42.8 Å². The summed E-state index contributed by atoms with van der Waals surface area (Å²) in [5.41, 5.74) is 2.26. The van der Waals surface area contributed by atoms with Gasteiger partial charge in [0.25, 0.3) is 10.0 Å². The highest BCUT2D eigenvalue weighted by Gasteiger charge is 2.23. The minimum Gasteiger partial charge on any atom is -0.295 e. The summed E-state index contributed by atoms with van der Waals surface area (Å²) in [7, 11) is -4.10. The van der Waals surface area contributed by atoms with Crippen molar-refractivity contribution in [2.45, 2.75) is 11.8 Å². The average Bonchev–Trinajstić information content (AvgIpc) is 3.36. The van der Waals surface area contributed by atoms with E-state index in [1.807, 2.05) is 31.2 Å². The first-order valence-electron chi connectivity index (χ1n) is 8.52. The number of nitrogens with one attached hydrogen (secondary N) is 2. The van der Waals surface area contributed by atoms with Gasteiger partial charge in [0.05, 0.1) is 11.9 Å². The maximum absolute atomic E-state index is 14.9. The molecule has 2 N–H and O–H groups in total. The molecule has 0 radical (unpaired) electrons. The van der Waals surface area contributed by atoms with Crippen LogP contribution in [0.4, 0.5) is 26.7 Å². The van der Waals surface area contributed by atoms with Crippen LogP contribution >= 0.6 is 11.3 Å². The quantitative estimate of drug-likeness (QED) is 0.468. The Morgan fingerprint density at radius 1 is 1.10 bits per heavy atom. The SMILES string of the molecule is Cc1cccc(N(c2ccc(S(=O)(=O)Nc3nccs3)c(F)c2)c2ccn[nH]2)c1. The van der Waals surface area contributed by atoms with E-state index in [1.165, 1.54) is 18.3 Å². The van der Waals surface area contributed by atoms with Crippen molar-refractivity contribution in [3.05, 3.63) is 77.7 Å². The molecular formula is C19H16FN5O2S2. The molecule has 4 rings (SSSR count). The van der Waals surface area contributed by atoms with Gasteiger partial charge in [0.2, 0.25) is 0 Å². The second kappa shape index (κ2) is 7.64. The number of sulfonamides is 1. The number of anilines is 4. The van der Waals surface area contributed by atoms with E-state index in [4.69, 9.17) is 0 Å². The monoisotopic (exact) mass is 429 g/mol. The molecule has 0 saturated carbocycles. The number of rotatable bonds is 6. The van der Waals surface area contributed by atoms with Crippen LogP contribution in [0.15, 0.2) is 71.2 Å². The standard InChI is InChI=1S/C19H16FN5O2S2/c1-13-3-2-4-14(11-13)25(18-7-8-22-23-18)15-5-6-17(16(20)12-15)29(26,27)24-19-21-9-10-28-19/h2-12H,1H3,(H,21,24)(H,22,23). The zero-order valence-corrected chi connectivity index (χ0v) is 16.8. The lowest BCUT2D eigenvalue weighted by Gasteiger charge is -2.24. The van der Waals surface area contributed by atoms with Gasteiger partial charge in [-0.15, -0.1) is 11.3 Å². The summed E-state index contributed by atoms with van der Waals surface area (Å²) in [4.78, 5) is 5.17. The molecule has 0 aliphatic rings. The maximum atomic E-state index is 14.9. The molecule has 148 valence electrons. The average molecular weight is 430 g/mol. The van der Waals surface area contributed by atoms with Crippen molar-refractivity contribution >= 4 is 43.7 Å². The van der Waals surface area contributed by atoms with Gasteiger partial charge in [-0.1, -0.05) is 12.1 Å². The first-order valence-corrected chi connectivity index (χ1v) is 10.9. The third kappa shape index (κ3) is 3.98. The van der Waals surface area contributed by atoms with E-state index in [0.717, 1.165) is 22.6 Å². The van der Waals surface area contributed by atoms with Crippen LogP contribution in [0, 0.1) is 12.7 Å². The maximum Gasteiger partial charge on any atom is 0.266 e. The van der Waals surface area contributed by atoms with E-state index < -0.39 is 20.7 Å². The molecule has 0 fully saturated rings. The number of H-pyrrole nitrogens is 1. The molecule has 0 saturated heterocycles. The third-order valence-electron chi connectivity index (χ3n) is 4.10. The molecule has 29 heavy (non-hydrogen) atoms. The molecule has 0 atom stereocenters. The smallest absolute Gasteiger partial charge is 0.266 e. The number of aromatic amines is 1. The lowest BCUT2D eigenvalue weighted by atomic mass is 10.2. The minimum absolute atomic E-state index is 0.173. The van der Waals surface area contributed by atoms with E-state index in [-0.39, 0.29) is 5.13 Å². The van der Waals surface area contributed by atoms with Crippen molar-refractivity contribution in [1.29, 1.82) is 0 Å². The Bertz CT molecular complexity index is 1230. The van der Waals surface area contributed by atoms with Crippen LogP contribution in [0.2, 0.25) is 0 Å². The number of aryl methyl sites for hydroxylation is 1. The zero-order chi connectivity index (χ0) is 20.4. The van der Waals surface area contributed by atoms with Crippen molar-refractivity contribution in [3.8, 4) is 0 Å². The fourth-order valence-electron chi connectivity index (χ4n) is 2.86. The van der Waals surface area contributed by atoms with Gasteiger partial charge in [-0.25, -0.2) is 17.8 Å². The summed E-state index contributed by atoms with van der Waals surface area (Å²) in [6, 6.07) is 13.4. The van der Waals surface area contributed by atoms with E-state index in [2.05, 4.69) is 19.9 Å². The Morgan fingerprint density at radius 3 is 2.59 bits per heavy atom. The molecule has 4 aromatic rings. The predicted octanol–water partition coefficient (Wildman–Crippen LogP) is 4.58. The van der Waals surface area contributed by atoms with Gasteiger partial charge in [-0.3, -0.25) is 14.7 Å². The van der Waals surface area contributed by atoms with Gasteiger partial charge in [0.1, 0.15) is 16.5 Å². The Morgan fingerprint density at radius 2 is 1.93 bits per heavy atom. The van der Waals surface area contributed by atoms with Crippen LogP contribution in [0.25, 0.3) is 0 Å². The van der Waals surface area contributed by atoms with Crippen LogP contribution < -0.4 is 9.62 Å². The van der Waals surface area contributed by atoms with Crippen LogP contribution in [0.1, 0.15) is 5.56 Å². The first-order chi connectivity index (χ1) is 13.9. The summed E-state index contributed by atoms with van der Waals surface area (Å²) in [5, 5.41) is 8.63. The minimum atomic E-state index is -4.10. The predicted molar refractivity (Wildman–Crippen MR) is 111 cm³/mol. The zero-order valence-electron chi connectivity index (χ0n) is 15.2. The number of nitrogens with zero attached hydrogens (tertiary/aromatic N) is 3. The molecular weight excluding hydrogens is 413 g/mol. The van der Waals surface area contributed by atoms with E-state index in [0.29, 0.717) is 11.5 Å². The molecule has 7 nitrogen and oxygen atoms in total. The van der Waals surface area contributed by atoms with Crippen LogP contribution in [0.5, 0.6) is 0 Å². The summed E-state index contributed by atoms with van der Waals surface area (Å²) in [6.07, 6.45) is 3.05. The fourth-order valence-corrected chi connectivity index (χ4v) is 4.71. The molecule has 0 spiro atoms. The number of thiazole rings is 1. The lowest BCUT2D eigenvalue weighted by molar-refractivity contribution is 0.570. The molecule has 0 bridgehead atoms. The Labute approximate surface area is 170 Å². The van der Waals surface area contributed by atoms with E-state index in [1.54, 1.807) is 28.6 Å². The molecule has 2 heterocycles. The van der Waals surface area contributed by atoms with Gasteiger partial charge < -0.3 is 0 Å². The summed E-state index contributed by atoms with van der Waals surface area (Å²) in [6.45, 7) is 1.95. The van der Waals surface area contributed by atoms with Gasteiger partial charge in [-0.2, -0.15) is 5.10 Å². The fraction of sp³-hybridized carbons (Fsp3) is 0.0526. The van der Waals surface area contributed by atoms with Gasteiger partial charge in [0, 0.05) is 23.3 Å². The van der Waals surface area contributed by atoms with E-state index >= 15 is 0 Å². The van der Waals surface area contributed by atoms with Crippen LogP contribution in [0.3, 0.4) is 0 Å². The highest BCUT2D eigenvalue weighted by molar-refractivity contribution is 7.93. The number of hydrogen-bond acceptors (Lipinski definition) is 6. The summed E-state index contributed by atoms with van der Waals surface area (Å²) in [5.74, 6) is -0.254. The number of hydrogen-bond donors (Lipinski definition) is 2. The Hall–Kier alpha value is -3.24. The number of aromatic nitrogens is 3. The summed E-state index contributed by atoms with van der Waals surface area (Å²) >= 11 is 1.11. The van der Waals surface area contributed by atoms with Crippen molar-refractivity contribution < 1.29 is 12.8 Å². The normalized spacial score (nSPS) is 11.4. The van der Waals surface area contributed by atoms with Crippen LogP contribution in [-0.4, -0.2) is 23.6 Å². The Balaban J connectivity index is 1.75. The molecule has 0 aliphatic carbocycles. The molecule has 0 aliphatic heterocycles. The topological polar surface area (TPSA) is 91.0 Å². The summed E-state index contributed by atoms with van der Waals surface area (Å²) < 4.78 is 42.2.